The second-order valence-corrected chi connectivity index (χ2v) is 3.21. The van der Waals surface area contributed by atoms with E-state index in [2.05, 4.69) is 0 Å². The van der Waals surface area contributed by atoms with Gasteiger partial charge in [0.25, 0.3) is 5.92 Å². The summed E-state index contributed by atoms with van der Waals surface area (Å²) < 4.78 is 25.8. The minimum Gasteiger partial charge on any atom is -0.202 e. The molecule has 0 radical (unpaired) electrons. The lowest BCUT2D eigenvalue weighted by atomic mass is 10.0. The van der Waals surface area contributed by atoms with E-state index in [0.29, 0.717) is 5.56 Å². The van der Waals surface area contributed by atoms with E-state index in [1.54, 1.807) is 13.0 Å². The van der Waals surface area contributed by atoms with Gasteiger partial charge >= 0.3 is 0 Å². The van der Waals surface area contributed by atoms with Crippen molar-refractivity contribution in [3.05, 3.63) is 34.9 Å². The molecule has 0 fully saturated rings. The van der Waals surface area contributed by atoms with Gasteiger partial charge in [0, 0.05) is 12.5 Å². The third kappa shape index (κ3) is 1.81. The van der Waals surface area contributed by atoms with E-state index in [9.17, 15) is 8.78 Å². The first-order valence-corrected chi connectivity index (χ1v) is 3.87. The predicted molar refractivity (Wildman–Crippen MR) is 45.5 cm³/mol. The van der Waals surface area contributed by atoms with Crippen LogP contribution in [0.5, 0.6) is 0 Å². The molecule has 0 aliphatic heterocycles. The Bertz CT molecular complexity index is 284. The Morgan fingerprint density at radius 1 is 1.17 bits per heavy atom. The molecule has 0 aliphatic carbocycles. The number of aryl methyl sites for hydroxylation is 2. The van der Waals surface area contributed by atoms with Crippen LogP contribution in [0.2, 0.25) is 0 Å². The van der Waals surface area contributed by atoms with Gasteiger partial charge in [0.05, 0.1) is 0 Å². The predicted octanol–water partition coefficient (Wildman–Crippen LogP) is 3.42. The zero-order valence-electron chi connectivity index (χ0n) is 7.49. The smallest absolute Gasteiger partial charge is 0.202 e. The maximum atomic E-state index is 12.9. The molecule has 1 aromatic carbocycles. The van der Waals surface area contributed by atoms with E-state index in [4.69, 9.17) is 0 Å². The number of rotatable bonds is 1. The van der Waals surface area contributed by atoms with E-state index in [1.165, 1.54) is 6.07 Å². The SMILES string of the molecule is Cc1ccc(C)c(C(C)(F)F)c1. The van der Waals surface area contributed by atoms with Gasteiger partial charge < -0.3 is 0 Å². The van der Waals surface area contributed by atoms with Crippen molar-refractivity contribution in [2.75, 3.05) is 0 Å². The molecule has 1 aromatic rings. The Kier molecular flexibility index (Phi) is 2.18. The quantitative estimate of drug-likeness (QED) is 0.605. The molecule has 12 heavy (non-hydrogen) atoms. The molecule has 0 unspecified atom stereocenters. The summed E-state index contributed by atoms with van der Waals surface area (Å²) in [4.78, 5) is 0. The Hall–Kier alpha value is -0.920. The molecule has 1 rings (SSSR count). The van der Waals surface area contributed by atoms with Gasteiger partial charge in [-0.25, -0.2) is 8.78 Å². The van der Waals surface area contributed by atoms with Crippen molar-refractivity contribution in [1.29, 1.82) is 0 Å². The highest BCUT2D eigenvalue weighted by Crippen LogP contribution is 2.29. The molecule has 0 N–H and O–H groups in total. The van der Waals surface area contributed by atoms with Crippen LogP contribution in [-0.2, 0) is 5.92 Å². The van der Waals surface area contributed by atoms with Crippen LogP contribution in [0.4, 0.5) is 8.78 Å². The van der Waals surface area contributed by atoms with Gasteiger partial charge in [0.15, 0.2) is 0 Å². The van der Waals surface area contributed by atoms with Gasteiger partial charge in [-0.3, -0.25) is 0 Å². The Balaban J connectivity index is 3.23. The van der Waals surface area contributed by atoms with Gasteiger partial charge in [0.2, 0.25) is 0 Å². The highest BCUT2D eigenvalue weighted by atomic mass is 19.3. The third-order valence-corrected chi connectivity index (χ3v) is 1.87. The van der Waals surface area contributed by atoms with Crippen LogP contribution >= 0.6 is 0 Å². The maximum Gasteiger partial charge on any atom is 0.270 e. The molecule has 0 heterocycles. The van der Waals surface area contributed by atoms with Crippen molar-refractivity contribution in [3.63, 3.8) is 0 Å². The molecule has 0 bridgehead atoms. The van der Waals surface area contributed by atoms with E-state index in [-0.39, 0.29) is 5.56 Å². The fourth-order valence-corrected chi connectivity index (χ4v) is 1.21. The van der Waals surface area contributed by atoms with Gasteiger partial charge in [0.1, 0.15) is 0 Å². The minimum absolute atomic E-state index is 0.127. The highest BCUT2D eigenvalue weighted by Gasteiger charge is 2.25. The first-order valence-electron chi connectivity index (χ1n) is 3.87. The van der Waals surface area contributed by atoms with Crippen molar-refractivity contribution >= 4 is 0 Å². The number of hydrogen-bond acceptors (Lipinski definition) is 0. The summed E-state index contributed by atoms with van der Waals surface area (Å²) in [6, 6.07) is 5.10. The molecule has 0 atom stereocenters. The van der Waals surface area contributed by atoms with Crippen LogP contribution in [0.3, 0.4) is 0 Å². The Morgan fingerprint density at radius 2 is 1.75 bits per heavy atom. The van der Waals surface area contributed by atoms with Crippen molar-refractivity contribution in [3.8, 4) is 0 Å². The van der Waals surface area contributed by atoms with Crippen molar-refractivity contribution < 1.29 is 8.78 Å². The lowest BCUT2D eigenvalue weighted by Crippen LogP contribution is -2.09. The number of halogens is 2. The molecule has 2 heteroatoms. The molecule has 0 aromatic heterocycles. The fraction of sp³-hybridized carbons (Fsp3) is 0.400. The largest absolute Gasteiger partial charge is 0.270 e. The summed E-state index contributed by atoms with van der Waals surface area (Å²) in [5.74, 6) is -2.73. The zero-order valence-corrected chi connectivity index (χ0v) is 7.49. The monoisotopic (exact) mass is 170 g/mol. The second kappa shape index (κ2) is 2.85. The topological polar surface area (TPSA) is 0 Å². The molecule has 0 nitrogen and oxygen atoms in total. The number of hydrogen-bond donors (Lipinski definition) is 0. The normalized spacial score (nSPS) is 11.8. The maximum absolute atomic E-state index is 12.9. The van der Waals surface area contributed by atoms with Crippen molar-refractivity contribution in [2.45, 2.75) is 26.7 Å². The van der Waals surface area contributed by atoms with Crippen LogP contribution in [-0.4, -0.2) is 0 Å². The standard InChI is InChI=1S/C10H12F2/c1-7-4-5-8(2)9(6-7)10(3,11)12/h4-6H,1-3H3. The van der Waals surface area contributed by atoms with E-state index >= 15 is 0 Å². The summed E-state index contributed by atoms with van der Waals surface area (Å²) in [6.07, 6.45) is 0. The van der Waals surface area contributed by atoms with E-state index in [1.807, 2.05) is 13.0 Å². The molecular weight excluding hydrogens is 158 g/mol. The van der Waals surface area contributed by atoms with Crippen molar-refractivity contribution in [1.82, 2.24) is 0 Å². The molecule has 0 saturated carbocycles. The van der Waals surface area contributed by atoms with Gasteiger partial charge in [-0.05, 0) is 25.5 Å². The minimum atomic E-state index is -2.73. The lowest BCUT2D eigenvalue weighted by Gasteiger charge is -2.13. The van der Waals surface area contributed by atoms with Crippen LogP contribution in [0, 0.1) is 13.8 Å². The third-order valence-electron chi connectivity index (χ3n) is 1.87. The summed E-state index contributed by atoms with van der Waals surface area (Å²) in [7, 11) is 0. The van der Waals surface area contributed by atoms with Crippen LogP contribution in [0.25, 0.3) is 0 Å². The van der Waals surface area contributed by atoms with Crippen LogP contribution in [0.15, 0.2) is 18.2 Å². The van der Waals surface area contributed by atoms with E-state index < -0.39 is 5.92 Å². The summed E-state index contributed by atoms with van der Waals surface area (Å²) >= 11 is 0. The number of benzene rings is 1. The van der Waals surface area contributed by atoms with Gasteiger partial charge in [-0.1, -0.05) is 17.7 Å². The molecule has 0 aliphatic rings. The molecule has 0 amide bonds. The highest BCUT2D eigenvalue weighted by molar-refractivity contribution is 5.33. The number of alkyl halides is 2. The van der Waals surface area contributed by atoms with Crippen LogP contribution in [0.1, 0.15) is 23.6 Å². The summed E-state index contributed by atoms with van der Waals surface area (Å²) in [5.41, 5.74) is 1.65. The van der Waals surface area contributed by atoms with Crippen LogP contribution < -0.4 is 0 Å². The first kappa shape index (κ1) is 9.17. The summed E-state index contributed by atoms with van der Waals surface area (Å²) in [6.45, 7) is 4.44. The Morgan fingerprint density at radius 3 is 2.17 bits per heavy atom. The first-order chi connectivity index (χ1) is 5.41. The van der Waals surface area contributed by atoms with Gasteiger partial charge in [-0.2, -0.15) is 0 Å². The fourth-order valence-electron chi connectivity index (χ4n) is 1.21. The average Bonchev–Trinajstić information content (AvgIpc) is 1.92. The van der Waals surface area contributed by atoms with Crippen molar-refractivity contribution in [2.24, 2.45) is 0 Å². The van der Waals surface area contributed by atoms with E-state index in [0.717, 1.165) is 12.5 Å². The molecule has 66 valence electrons. The molecule has 0 saturated heterocycles. The van der Waals surface area contributed by atoms with Gasteiger partial charge in [-0.15, -0.1) is 0 Å². The molecule has 0 spiro atoms. The summed E-state index contributed by atoms with van der Waals surface area (Å²) in [5, 5.41) is 0. The zero-order chi connectivity index (χ0) is 9.35. The Labute approximate surface area is 71.2 Å². The molecular formula is C10H12F2. The lowest BCUT2D eigenvalue weighted by molar-refractivity contribution is 0.0168. The average molecular weight is 170 g/mol. The second-order valence-electron chi connectivity index (χ2n) is 3.21.